The first-order chi connectivity index (χ1) is 8.76. The number of halogens is 1. The van der Waals surface area contributed by atoms with Crippen molar-refractivity contribution in [2.75, 3.05) is 14.2 Å². The van der Waals surface area contributed by atoms with Gasteiger partial charge in [0.2, 0.25) is 0 Å². The van der Waals surface area contributed by atoms with Gasteiger partial charge in [-0.2, -0.15) is 5.10 Å². The zero-order chi connectivity index (χ0) is 13.0. The third-order valence-electron chi connectivity index (χ3n) is 2.52. The number of aromatic nitrogens is 3. The highest BCUT2D eigenvalue weighted by Gasteiger charge is 2.07. The molecule has 0 radical (unpaired) electrons. The first kappa shape index (κ1) is 12.7. The largest absolute Gasteiger partial charge is 0.493 e. The van der Waals surface area contributed by atoms with Crippen molar-refractivity contribution < 1.29 is 9.47 Å². The fraction of sp³-hybridized carbons (Fsp3) is 0.333. The monoisotopic (exact) mass is 267 g/mol. The van der Waals surface area contributed by atoms with Gasteiger partial charge in [-0.05, 0) is 17.7 Å². The number of methoxy groups -OCH3 is 2. The van der Waals surface area contributed by atoms with Crippen molar-refractivity contribution in [2.24, 2.45) is 0 Å². The van der Waals surface area contributed by atoms with Crippen LogP contribution in [0.5, 0.6) is 11.5 Å². The van der Waals surface area contributed by atoms with E-state index >= 15 is 0 Å². The predicted molar refractivity (Wildman–Crippen MR) is 68.3 cm³/mol. The zero-order valence-corrected chi connectivity index (χ0v) is 11.0. The first-order valence-electron chi connectivity index (χ1n) is 5.44. The first-order valence-corrected chi connectivity index (χ1v) is 5.97. The number of H-pyrrole nitrogens is 1. The lowest BCUT2D eigenvalue weighted by Crippen LogP contribution is -1.95. The van der Waals surface area contributed by atoms with Gasteiger partial charge in [0.1, 0.15) is 5.82 Å². The SMILES string of the molecule is COc1ccc(Cc2nc(CCl)n[nH]2)cc1OC. The summed E-state index contributed by atoms with van der Waals surface area (Å²) in [5, 5.41) is 6.84. The Morgan fingerprint density at radius 2 is 2.00 bits per heavy atom. The third kappa shape index (κ3) is 2.73. The number of ether oxygens (including phenoxy) is 2. The minimum Gasteiger partial charge on any atom is -0.493 e. The molecule has 2 rings (SSSR count). The molecule has 6 heteroatoms. The Kier molecular flexibility index (Phi) is 4.04. The van der Waals surface area contributed by atoms with Gasteiger partial charge < -0.3 is 9.47 Å². The molecule has 1 aromatic heterocycles. The van der Waals surface area contributed by atoms with Crippen molar-refractivity contribution in [1.29, 1.82) is 0 Å². The summed E-state index contributed by atoms with van der Waals surface area (Å²) in [5.41, 5.74) is 1.06. The van der Waals surface area contributed by atoms with Gasteiger partial charge in [-0.15, -0.1) is 11.6 Å². The second-order valence-corrected chi connectivity index (χ2v) is 3.97. The molecule has 1 heterocycles. The lowest BCUT2D eigenvalue weighted by Gasteiger charge is -2.08. The minimum atomic E-state index is 0.308. The van der Waals surface area contributed by atoms with Gasteiger partial charge in [0.25, 0.3) is 0 Å². The molecular weight excluding hydrogens is 254 g/mol. The molecule has 0 atom stereocenters. The van der Waals surface area contributed by atoms with E-state index in [4.69, 9.17) is 21.1 Å². The summed E-state index contributed by atoms with van der Waals surface area (Å²) in [6.45, 7) is 0. The summed E-state index contributed by atoms with van der Waals surface area (Å²) in [7, 11) is 3.22. The standard InChI is InChI=1S/C12H14ClN3O2/c1-17-9-4-3-8(5-10(9)18-2)6-11-14-12(7-13)16-15-11/h3-5H,6-7H2,1-2H3,(H,14,15,16). The Hall–Kier alpha value is -1.75. The fourth-order valence-electron chi connectivity index (χ4n) is 1.66. The van der Waals surface area contributed by atoms with Crippen LogP contribution < -0.4 is 9.47 Å². The molecule has 2 aromatic rings. The van der Waals surface area contributed by atoms with Crippen molar-refractivity contribution in [2.45, 2.75) is 12.3 Å². The van der Waals surface area contributed by atoms with E-state index in [1.54, 1.807) is 14.2 Å². The van der Waals surface area contributed by atoms with Crippen LogP contribution in [0.1, 0.15) is 17.2 Å². The number of nitrogens with one attached hydrogen (secondary N) is 1. The number of nitrogens with zero attached hydrogens (tertiary/aromatic N) is 2. The van der Waals surface area contributed by atoms with E-state index in [-0.39, 0.29) is 0 Å². The van der Waals surface area contributed by atoms with E-state index < -0.39 is 0 Å². The molecule has 0 aliphatic heterocycles. The van der Waals surface area contributed by atoms with Gasteiger partial charge in [-0.3, -0.25) is 5.10 Å². The van der Waals surface area contributed by atoms with E-state index in [1.165, 1.54) is 0 Å². The molecular formula is C12H14ClN3O2. The van der Waals surface area contributed by atoms with Crippen LogP contribution in [0.15, 0.2) is 18.2 Å². The molecule has 0 aliphatic carbocycles. The topological polar surface area (TPSA) is 60.0 Å². The molecule has 18 heavy (non-hydrogen) atoms. The Morgan fingerprint density at radius 1 is 1.22 bits per heavy atom. The van der Waals surface area contributed by atoms with Crippen molar-refractivity contribution in [3.05, 3.63) is 35.4 Å². The maximum Gasteiger partial charge on any atom is 0.165 e. The second-order valence-electron chi connectivity index (χ2n) is 3.70. The molecule has 0 saturated carbocycles. The maximum atomic E-state index is 5.65. The van der Waals surface area contributed by atoms with Crippen molar-refractivity contribution >= 4 is 11.6 Å². The van der Waals surface area contributed by atoms with Crippen LogP contribution in [0.25, 0.3) is 0 Å². The van der Waals surface area contributed by atoms with Crippen molar-refractivity contribution in [3.8, 4) is 11.5 Å². The Labute approximate surface area is 110 Å². The van der Waals surface area contributed by atoms with Crippen molar-refractivity contribution in [1.82, 2.24) is 15.2 Å². The van der Waals surface area contributed by atoms with Gasteiger partial charge >= 0.3 is 0 Å². The van der Waals surface area contributed by atoms with Crippen LogP contribution in [-0.4, -0.2) is 29.4 Å². The lowest BCUT2D eigenvalue weighted by molar-refractivity contribution is 0.354. The van der Waals surface area contributed by atoms with E-state index in [9.17, 15) is 0 Å². The molecule has 0 aliphatic rings. The normalized spacial score (nSPS) is 10.4. The predicted octanol–water partition coefficient (Wildman–Crippen LogP) is 2.15. The average molecular weight is 268 g/mol. The molecule has 1 N–H and O–H groups in total. The average Bonchev–Trinajstić information content (AvgIpc) is 2.86. The quantitative estimate of drug-likeness (QED) is 0.844. The molecule has 96 valence electrons. The summed E-state index contributed by atoms with van der Waals surface area (Å²) in [6, 6.07) is 5.75. The van der Waals surface area contributed by atoms with Crippen LogP contribution in [-0.2, 0) is 12.3 Å². The highest BCUT2D eigenvalue weighted by Crippen LogP contribution is 2.28. The number of hydrogen-bond donors (Lipinski definition) is 1. The molecule has 5 nitrogen and oxygen atoms in total. The minimum absolute atomic E-state index is 0.308. The van der Waals surface area contributed by atoms with Crippen LogP contribution in [0.4, 0.5) is 0 Å². The Morgan fingerprint density at radius 3 is 2.61 bits per heavy atom. The summed E-state index contributed by atoms with van der Waals surface area (Å²) < 4.78 is 10.4. The molecule has 0 spiro atoms. The summed E-state index contributed by atoms with van der Waals surface area (Å²) in [5.74, 6) is 3.10. The molecule has 0 bridgehead atoms. The van der Waals surface area contributed by atoms with Crippen LogP contribution >= 0.6 is 11.6 Å². The van der Waals surface area contributed by atoms with E-state index in [2.05, 4.69) is 15.2 Å². The summed E-state index contributed by atoms with van der Waals surface area (Å²) in [4.78, 5) is 4.25. The van der Waals surface area contributed by atoms with E-state index in [0.29, 0.717) is 29.6 Å². The molecule has 0 saturated heterocycles. The van der Waals surface area contributed by atoms with E-state index in [0.717, 1.165) is 11.4 Å². The smallest absolute Gasteiger partial charge is 0.165 e. The fourth-order valence-corrected chi connectivity index (χ4v) is 1.78. The van der Waals surface area contributed by atoms with Crippen molar-refractivity contribution in [3.63, 3.8) is 0 Å². The number of alkyl halides is 1. The van der Waals surface area contributed by atoms with Gasteiger partial charge in [0, 0.05) is 6.42 Å². The number of rotatable bonds is 5. The summed E-state index contributed by atoms with van der Waals surface area (Å²) in [6.07, 6.45) is 0.643. The number of aromatic amines is 1. The maximum absolute atomic E-state index is 5.65. The van der Waals surface area contributed by atoms with Crippen LogP contribution in [0.3, 0.4) is 0 Å². The van der Waals surface area contributed by atoms with Crippen LogP contribution in [0.2, 0.25) is 0 Å². The van der Waals surface area contributed by atoms with E-state index in [1.807, 2.05) is 18.2 Å². The molecule has 1 aromatic carbocycles. The van der Waals surface area contributed by atoms with Gasteiger partial charge in [0.05, 0.1) is 20.1 Å². The summed E-state index contributed by atoms with van der Waals surface area (Å²) >= 11 is 5.65. The highest BCUT2D eigenvalue weighted by atomic mass is 35.5. The third-order valence-corrected chi connectivity index (χ3v) is 2.76. The molecule has 0 amide bonds. The number of benzene rings is 1. The second kappa shape index (κ2) is 5.73. The lowest BCUT2D eigenvalue weighted by atomic mass is 10.1. The van der Waals surface area contributed by atoms with Gasteiger partial charge in [0.15, 0.2) is 17.3 Å². The number of hydrogen-bond acceptors (Lipinski definition) is 4. The molecule has 0 unspecified atom stereocenters. The highest BCUT2D eigenvalue weighted by molar-refractivity contribution is 6.16. The van der Waals surface area contributed by atoms with Crippen LogP contribution in [0, 0.1) is 0 Å². The van der Waals surface area contributed by atoms with Gasteiger partial charge in [-0.1, -0.05) is 6.07 Å². The Bertz CT molecular complexity index is 528. The zero-order valence-electron chi connectivity index (χ0n) is 10.2. The molecule has 0 fully saturated rings. The van der Waals surface area contributed by atoms with Gasteiger partial charge in [-0.25, -0.2) is 4.98 Å². The Balaban J connectivity index is 2.18.